The van der Waals surface area contributed by atoms with Crippen LogP contribution in [0.2, 0.25) is 0 Å². The number of carbonyl (C=O) groups is 4. The Morgan fingerprint density at radius 3 is 2.30 bits per heavy atom. The fourth-order valence-electron chi connectivity index (χ4n) is 9.64. The molecule has 0 aromatic carbocycles. The molecule has 2 saturated heterocycles. The minimum absolute atomic E-state index is 0.0520. The molecule has 4 aliphatic rings. The van der Waals surface area contributed by atoms with Gasteiger partial charge in [0.15, 0.2) is 5.79 Å². The van der Waals surface area contributed by atoms with Gasteiger partial charge < -0.3 is 39.5 Å². The number of esters is 1. The van der Waals surface area contributed by atoms with Gasteiger partial charge in [-0.15, -0.1) is 0 Å². The quantitative estimate of drug-likeness (QED) is 0.174. The Kier molecular flexibility index (Phi) is 19.6. The third-order valence-electron chi connectivity index (χ3n) is 14.0. The molecule has 0 aromatic rings. The van der Waals surface area contributed by atoms with E-state index in [9.17, 15) is 39.6 Å². The number of fused-ring (bicyclic) bond motifs is 3. The highest BCUT2D eigenvalue weighted by atomic mass is 16.6. The normalized spacial score (nSPS) is 39.6. The van der Waals surface area contributed by atoms with E-state index in [4.69, 9.17) is 14.2 Å². The van der Waals surface area contributed by atoms with Crippen molar-refractivity contribution < 1.29 is 53.8 Å². The molecule has 12 heteroatoms. The number of piperidine rings is 1. The molecule has 3 fully saturated rings. The number of aliphatic hydroxyl groups excluding tert-OH is 3. The van der Waals surface area contributed by atoms with E-state index in [0.717, 1.165) is 5.57 Å². The van der Waals surface area contributed by atoms with Gasteiger partial charge in [0.25, 0.3) is 0 Å². The number of aliphatic hydroxyl groups is 4. The van der Waals surface area contributed by atoms with Crippen LogP contribution in [0.5, 0.6) is 0 Å². The van der Waals surface area contributed by atoms with E-state index < -0.39 is 54.0 Å². The molecule has 1 aliphatic carbocycles. The van der Waals surface area contributed by atoms with Gasteiger partial charge in [-0.05, 0) is 107 Å². The summed E-state index contributed by atoms with van der Waals surface area (Å²) in [4.78, 5) is 57.1. The molecule has 2 bridgehead atoms. The summed E-state index contributed by atoms with van der Waals surface area (Å²) in [5, 5.41) is 43.6. The second kappa shape index (κ2) is 23.6. The van der Waals surface area contributed by atoms with Gasteiger partial charge in [-0.3, -0.25) is 14.4 Å². The van der Waals surface area contributed by atoms with Crippen LogP contribution in [0, 0.1) is 35.5 Å². The van der Waals surface area contributed by atoms with Crippen molar-refractivity contribution >= 4 is 23.4 Å². The fraction of sp³-hybridized carbons (Fsp3) is 0.755. The third kappa shape index (κ3) is 14.8. The number of ketones is 2. The lowest BCUT2D eigenvalue weighted by Crippen LogP contribution is -2.55. The molecule has 3 heterocycles. The highest BCUT2D eigenvalue weighted by Crippen LogP contribution is 2.38. The monoisotopic (exact) mass is 856 g/mol. The number of ether oxygens (including phenoxy) is 3. The summed E-state index contributed by atoms with van der Waals surface area (Å²) in [6.07, 6.45) is 13.1. The number of carbonyl (C=O) groups excluding carboxylic acids is 4. The first-order chi connectivity index (χ1) is 28.8. The summed E-state index contributed by atoms with van der Waals surface area (Å²) < 4.78 is 18.5. The van der Waals surface area contributed by atoms with E-state index in [-0.39, 0.29) is 72.6 Å². The van der Waals surface area contributed by atoms with Crippen LogP contribution in [-0.2, 0) is 33.4 Å². The van der Waals surface area contributed by atoms with Crippen LogP contribution < -0.4 is 0 Å². The van der Waals surface area contributed by atoms with Gasteiger partial charge >= 0.3 is 5.97 Å². The van der Waals surface area contributed by atoms with Crippen LogP contribution in [0.4, 0.5) is 0 Å². The number of amides is 1. The minimum atomic E-state index is -1.75. The number of allylic oxidation sites excluding steroid dienone is 6. The smallest absolute Gasteiger partial charge is 0.329 e. The second-order valence-corrected chi connectivity index (χ2v) is 19.2. The molecule has 3 aliphatic heterocycles. The largest absolute Gasteiger partial charge is 0.460 e. The lowest BCUT2D eigenvalue weighted by Gasteiger charge is -2.44. The van der Waals surface area contributed by atoms with Gasteiger partial charge in [-0.25, -0.2) is 4.79 Å². The molecule has 12 nitrogen and oxygen atoms in total. The number of Topliss-reactive ketones (excluding diaryl/α,β-unsaturated/α-hetero) is 2. The fourth-order valence-corrected chi connectivity index (χ4v) is 9.64. The van der Waals surface area contributed by atoms with E-state index in [1.807, 2.05) is 65.0 Å². The van der Waals surface area contributed by atoms with Gasteiger partial charge in [-0.2, -0.15) is 0 Å². The first-order valence-electron chi connectivity index (χ1n) is 23.0. The van der Waals surface area contributed by atoms with Gasteiger partial charge in [0.1, 0.15) is 23.7 Å². The zero-order chi connectivity index (χ0) is 45.0. The predicted molar refractivity (Wildman–Crippen MR) is 234 cm³/mol. The van der Waals surface area contributed by atoms with Gasteiger partial charge in [0.2, 0.25) is 5.91 Å². The number of methoxy groups -OCH3 is 1. The second-order valence-electron chi connectivity index (χ2n) is 19.2. The first-order valence-corrected chi connectivity index (χ1v) is 23.0. The van der Waals surface area contributed by atoms with Gasteiger partial charge in [-0.1, -0.05) is 71.1 Å². The average molecular weight is 856 g/mol. The molecular weight excluding hydrogens is 779 g/mol. The summed E-state index contributed by atoms with van der Waals surface area (Å²) in [5.74, 6) is -4.41. The summed E-state index contributed by atoms with van der Waals surface area (Å²) in [6, 6.07) is -0.904. The van der Waals surface area contributed by atoms with Crippen LogP contribution >= 0.6 is 0 Å². The molecule has 14 atom stereocenters. The summed E-state index contributed by atoms with van der Waals surface area (Å²) in [5.41, 5.74) is 1.49. The maximum absolute atomic E-state index is 14.2. The molecular formula is C49H77NO11. The zero-order valence-electron chi connectivity index (χ0n) is 38.2. The summed E-state index contributed by atoms with van der Waals surface area (Å²) >= 11 is 0. The Hall–Kier alpha value is -3.00. The molecule has 0 radical (unpaired) electrons. The highest BCUT2D eigenvalue weighted by Gasteiger charge is 2.46. The van der Waals surface area contributed by atoms with E-state index in [2.05, 4.69) is 0 Å². The number of nitrogens with zero attached hydrogens (tertiary/aromatic N) is 1. The lowest BCUT2D eigenvalue weighted by atomic mass is 9.78. The average Bonchev–Trinajstić information content (AvgIpc) is 3.21. The Morgan fingerprint density at radius 2 is 1.59 bits per heavy atom. The highest BCUT2D eigenvalue weighted by molar-refractivity contribution is 5.86. The van der Waals surface area contributed by atoms with Crippen LogP contribution in [0.1, 0.15) is 138 Å². The Bertz CT molecular complexity index is 1600. The van der Waals surface area contributed by atoms with Crippen molar-refractivity contribution in [3.63, 3.8) is 0 Å². The molecule has 0 spiro atoms. The Labute approximate surface area is 364 Å². The molecule has 61 heavy (non-hydrogen) atoms. The van der Waals surface area contributed by atoms with Crippen LogP contribution in [0.3, 0.4) is 0 Å². The topological polar surface area (TPSA) is 180 Å². The predicted octanol–water partition coefficient (Wildman–Crippen LogP) is 6.72. The summed E-state index contributed by atoms with van der Waals surface area (Å²) in [6.45, 7) is 13.5. The molecule has 4 rings (SSSR count). The Morgan fingerprint density at radius 1 is 0.852 bits per heavy atom. The molecule has 4 N–H and O–H groups in total. The third-order valence-corrected chi connectivity index (χ3v) is 14.0. The molecule has 344 valence electrons. The van der Waals surface area contributed by atoms with Crippen molar-refractivity contribution in [1.29, 1.82) is 0 Å². The number of cyclic esters (lactones) is 1. The van der Waals surface area contributed by atoms with Crippen molar-refractivity contribution in [3.05, 3.63) is 47.6 Å². The summed E-state index contributed by atoms with van der Waals surface area (Å²) in [7, 11) is 1.64. The lowest BCUT2D eigenvalue weighted by molar-refractivity contribution is -0.284. The van der Waals surface area contributed by atoms with Crippen molar-refractivity contribution in [2.24, 2.45) is 35.5 Å². The molecule has 0 unspecified atom stereocenters. The standard InChI is InChI=1S/C49H77NO11/c1-30-14-10-9-11-15-31(2)45(59-8)26-38-19-17-36(7)49(58,61-38)29-47(56)50-21-13-12-16-39(50)48(57)60-46(35(6)24-37-18-20-40(51)44(55)25-37)28-43(54)34(5)23-33(4)42(53)27-41(52)32(3)22-30/h9-11,14-15,23,30,32,34-40,42,44-46,51,53,55,58H,12-13,16-22,24-29H2,1-8H3/b11-9?,14-10+,31-15?,33-23+/t30-,32-,34-,35-,36-,37+,38+,39+,40-,42+,44-,45+,46+,49+/m1/s1. The van der Waals surface area contributed by atoms with Crippen molar-refractivity contribution in [3.8, 4) is 0 Å². The van der Waals surface area contributed by atoms with Crippen LogP contribution in [0.25, 0.3) is 0 Å². The van der Waals surface area contributed by atoms with E-state index in [1.54, 1.807) is 27.0 Å². The maximum Gasteiger partial charge on any atom is 0.329 e. The molecule has 0 aromatic heterocycles. The van der Waals surface area contributed by atoms with Gasteiger partial charge in [0, 0.05) is 50.7 Å². The zero-order valence-corrected chi connectivity index (χ0v) is 38.2. The number of rotatable bonds is 4. The van der Waals surface area contributed by atoms with E-state index in [0.29, 0.717) is 82.7 Å². The molecule has 1 amide bonds. The number of hydrogen-bond donors (Lipinski definition) is 4. The van der Waals surface area contributed by atoms with Crippen molar-refractivity contribution in [2.45, 2.75) is 187 Å². The Balaban J connectivity index is 1.63. The van der Waals surface area contributed by atoms with Crippen LogP contribution in [0.15, 0.2) is 47.6 Å². The first kappa shape index (κ1) is 50.6. The van der Waals surface area contributed by atoms with E-state index >= 15 is 0 Å². The molecule has 1 saturated carbocycles. The minimum Gasteiger partial charge on any atom is -0.460 e. The number of hydrogen-bond acceptors (Lipinski definition) is 11. The van der Waals surface area contributed by atoms with Crippen LogP contribution in [-0.4, -0.2) is 111 Å². The van der Waals surface area contributed by atoms with Gasteiger partial charge in [0.05, 0.1) is 36.9 Å². The van der Waals surface area contributed by atoms with Crippen molar-refractivity contribution in [1.82, 2.24) is 4.90 Å². The van der Waals surface area contributed by atoms with E-state index in [1.165, 1.54) is 4.90 Å². The SMILES string of the molecule is CO[C@H]1C[C@@H]2CC[C@@H](C)[C@](O)(CC(=O)N3CCCC[C@H]3C(=O)O[C@H]([C@H](C)C[C@@H]3CC[C@@H](O)[C@H](O)C3)CC(=O)[C@H](C)/C=C(\C)[C@@H](O)CC(=O)[C@H](C)C[C@H](C)/C=C/C=CC=C1C)O2. The van der Waals surface area contributed by atoms with Crippen molar-refractivity contribution in [2.75, 3.05) is 13.7 Å². The maximum atomic E-state index is 14.2.